The highest BCUT2D eigenvalue weighted by Gasteiger charge is 2.16. The lowest BCUT2D eigenvalue weighted by Gasteiger charge is -2.10. The third-order valence-electron chi connectivity index (χ3n) is 4.44. The van der Waals surface area contributed by atoms with E-state index >= 15 is 0 Å². The summed E-state index contributed by atoms with van der Waals surface area (Å²) in [6.07, 6.45) is -0.0805. The van der Waals surface area contributed by atoms with Gasteiger partial charge in [0.2, 0.25) is 0 Å². The molecule has 0 fully saturated rings. The average Bonchev–Trinajstić information content (AvgIpc) is 2.54. The molecule has 0 bridgehead atoms. The molecule has 0 atom stereocenters. The smallest absolute Gasteiger partial charge is 0.170 e. The molecule has 0 amide bonds. The molecule has 0 saturated heterocycles. The van der Waals surface area contributed by atoms with Crippen LogP contribution in [0.25, 0.3) is 0 Å². The van der Waals surface area contributed by atoms with Crippen LogP contribution in [0.15, 0.2) is 42.5 Å². The van der Waals surface area contributed by atoms with E-state index in [4.69, 9.17) is 0 Å². The number of carbonyl (C=O) groups is 2. The van der Waals surface area contributed by atoms with E-state index in [1.54, 1.807) is 0 Å². The van der Waals surface area contributed by atoms with E-state index in [1.807, 2.05) is 49.4 Å². The summed E-state index contributed by atoms with van der Waals surface area (Å²) in [7, 11) is 0. The molecule has 2 aromatic rings. The summed E-state index contributed by atoms with van der Waals surface area (Å²) in [5, 5.41) is 0. The molecule has 24 heavy (non-hydrogen) atoms. The Morgan fingerprint density at radius 1 is 0.792 bits per heavy atom. The molecule has 126 valence electrons. The van der Waals surface area contributed by atoms with Crippen molar-refractivity contribution in [1.82, 2.24) is 0 Å². The van der Waals surface area contributed by atoms with E-state index < -0.39 is 0 Å². The van der Waals surface area contributed by atoms with Gasteiger partial charge in [-0.15, -0.1) is 0 Å². The molecule has 2 nitrogen and oxygen atoms in total. The monoisotopic (exact) mass is 322 g/mol. The van der Waals surface area contributed by atoms with Crippen molar-refractivity contribution in [2.24, 2.45) is 0 Å². The Kier molecular flexibility index (Phi) is 5.71. The zero-order chi connectivity index (χ0) is 17.9. The van der Waals surface area contributed by atoms with Gasteiger partial charge in [0.25, 0.3) is 0 Å². The van der Waals surface area contributed by atoms with Gasteiger partial charge in [0.05, 0.1) is 6.42 Å². The van der Waals surface area contributed by atoms with Crippen LogP contribution in [0, 0.1) is 6.92 Å². The fraction of sp³-hybridized carbons (Fsp3) is 0.364. The van der Waals surface area contributed by atoms with Crippen LogP contribution in [0.2, 0.25) is 0 Å². The maximum atomic E-state index is 12.5. The molecule has 0 aliphatic carbocycles. The van der Waals surface area contributed by atoms with Crippen LogP contribution in [-0.2, 0) is 0 Å². The molecule has 0 N–H and O–H groups in total. The Balaban J connectivity index is 2.12. The topological polar surface area (TPSA) is 34.1 Å². The van der Waals surface area contributed by atoms with Gasteiger partial charge in [-0.3, -0.25) is 9.59 Å². The summed E-state index contributed by atoms with van der Waals surface area (Å²) in [6, 6.07) is 13.4. The summed E-state index contributed by atoms with van der Waals surface area (Å²) >= 11 is 0. The number of hydrogen-bond acceptors (Lipinski definition) is 2. The van der Waals surface area contributed by atoms with E-state index in [0.717, 1.165) is 5.56 Å². The van der Waals surface area contributed by atoms with Crippen molar-refractivity contribution in [3.05, 3.63) is 70.3 Å². The minimum absolute atomic E-state index is 0.0805. The van der Waals surface area contributed by atoms with E-state index in [0.29, 0.717) is 23.0 Å². The van der Waals surface area contributed by atoms with Crippen molar-refractivity contribution >= 4 is 11.6 Å². The van der Waals surface area contributed by atoms with E-state index in [2.05, 4.69) is 27.7 Å². The highest BCUT2D eigenvalue weighted by atomic mass is 16.1. The zero-order valence-electron chi connectivity index (χ0n) is 15.2. The standard InChI is InChI=1S/C22H26O2/c1-14(2)17-6-8-18(9-7-17)21(23)13-22(24)20-11-10-19(15(3)4)12-16(20)5/h6-12,14-15H,13H2,1-5H3. The molecule has 0 heterocycles. The normalized spacial score (nSPS) is 11.1. The zero-order valence-corrected chi connectivity index (χ0v) is 15.2. The average molecular weight is 322 g/mol. The van der Waals surface area contributed by atoms with Crippen LogP contribution in [0.1, 0.15) is 83.4 Å². The van der Waals surface area contributed by atoms with Crippen LogP contribution < -0.4 is 0 Å². The minimum Gasteiger partial charge on any atom is -0.294 e. The van der Waals surface area contributed by atoms with Crippen molar-refractivity contribution in [3.63, 3.8) is 0 Å². The lowest BCUT2D eigenvalue weighted by atomic mass is 9.93. The van der Waals surface area contributed by atoms with Gasteiger partial charge < -0.3 is 0 Å². The van der Waals surface area contributed by atoms with E-state index in [1.165, 1.54) is 11.1 Å². The highest BCUT2D eigenvalue weighted by Crippen LogP contribution is 2.21. The van der Waals surface area contributed by atoms with Gasteiger partial charge in [-0.05, 0) is 35.4 Å². The summed E-state index contributed by atoms with van der Waals surface area (Å²) in [5.41, 5.74) is 4.59. The predicted molar refractivity (Wildman–Crippen MR) is 99.1 cm³/mol. The van der Waals surface area contributed by atoms with Gasteiger partial charge >= 0.3 is 0 Å². The summed E-state index contributed by atoms with van der Waals surface area (Å²) < 4.78 is 0. The van der Waals surface area contributed by atoms with Crippen LogP contribution >= 0.6 is 0 Å². The molecule has 0 unspecified atom stereocenters. The SMILES string of the molecule is Cc1cc(C(C)C)ccc1C(=O)CC(=O)c1ccc(C(C)C)cc1. The number of benzene rings is 2. The second-order valence-corrected chi connectivity index (χ2v) is 7.03. The first-order valence-corrected chi connectivity index (χ1v) is 8.56. The van der Waals surface area contributed by atoms with Crippen LogP contribution in [0.4, 0.5) is 0 Å². The van der Waals surface area contributed by atoms with E-state index in [9.17, 15) is 9.59 Å². The van der Waals surface area contributed by atoms with Crippen molar-refractivity contribution in [2.45, 2.75) is 52.9 Å². The Bertz CT molecular complexity index is 737. The van der Waals surface area contributed by atoms with Crippen molar-refractivity contribution in [2.75, 3.05) is 0 Å². The Morgan fingerprint density at radius 2 is 1.33 bits per heavy atom. The Labute approximate surface area is 144 Å². The quantitative estimate of drug-likeness (QED) is 0.505. The molecule has 2 heteroatoms. The first kappa shape index (κ1) is 18.1. The molecule has 0 spiro atoms. The number of rotatable bonds is 6. The van der Waals surface area contributed by atoms with Crippen LogP contribution in [-0.4, -0.2) is 11.6 Å². The molecule has 0 saturated carbocycles. The second-order valence-electron chi connectivity index (χ2n) is 7.03. The number of Topliss-reactive ketones (excluding diaryl/α,β-unsaturated/α-hetero) is 2. The predicted octanol–water partition coefficient (Wildman–Crippen LogP) is 5.70. The molecular formula is C22H26O2. The maximum Gasteiger partial charge on any atom is 0.170 e. The summed E-state index contributed by atoms with van der Waals surface area (Å²) in [5.74, 6) is 0.621. The lowest BCUT2D eigenvalue weighted by Crippen LogP contribution is -2.10. The summed E-state index contributed by atoms with van der Waals surface area (Å²) in [4.78, 5) is 24.9. The molecule has 2 rings (SSSR count). The number of ketones is 2. The highest BCUT2D eigenvalue weighted by molar-refractivity contribution is 6.14. The van der Waals surface area contributed by atoms with Gasteiger partial charge in [-0.1, -0.05) is 70.2 Å². The summed E-state index contributed by atoms with van der Waals surface area (Å²) in [6.45, 7) is 10.4. The second kappa shape index (κ2) is 7.57. The lowest BCUT2D eigenvalue weighted by molar-refractivity contribution is 0.0894. The first-order chi connectivity index (χ1) is 11.3. The first-order valence-electron chi connectivity index (χ1n) is 8.56. The molecule has 2 aromatic carbocycles. The van der Waals surface area contributed by atoms with Gasteiger partial charge in [-0.25, -0.2) is 0 Å². The molecule has 0 aliphatic rings. The Morgan fingerprint density at radius 3 is 1.83 bits per heavy atom. The van der Waals surface area contributed by atoms with Gasteiger partial charge in [0, 0.05) is 11.1 Å². The maximum absolute atomic E-state index is 12.5. The number of aryl methyl sites for hydroxylation is 1. The van der Waals surface area contributed by atoms with Crippen molar-refractivity contribution < 1.29 is 9.59 Å². The number of hydrogen-bond donors (Lipinski definition) is 0. The van der Waals surface area contributed by atoms with Crippen molar-refractivity contribution in [3.8, 4) is 0 Å². The van der Waals surface area contributed by atoms with Gasteiger partial charge in [0.15, 0.2) is 11.6 Å². The molecule has 0 aromatic heterocycles. The van der Waals surface area contributed by atoms with Crippen molar-refractivity contribution in [1.29, 1.82) is 0 Å². The molecular weight excluding hydrogens is 296 g/mol. The van der Waals surface area contributed by atoms with Gasteiger partial charge in [-0.2, -0.15) is 0 Å². The number of carbonyl (C=O) groups excluding carboxylic acids is 2. The fourth-order valence-corrected chi connectivity index (χ4v) is 2.76. The van der Waals surface area contributed by atoms with Gasteiger partial charge in [0.1, 0.15) is 0 Å². The Hall–Kier alpha value is -2.22. The minimum atomic E-state index is -0.123. The van der Waals surface area contributed by atoms with E-state index in [-0.39, 0.29) is 18.0 Å². The third kappa shape index (κ3) is 4.19. The molecule has 0 aliphatic heterocycles. The fourth-order valence-electron chi connectivity index (χ4n) is 2.76. The van der Waals surface area contributed by atoms with Crippen LogP contribution in [0.5, 0.6) is 0 Å². The molecule has 0 radical (unpaired) electrons. The van der Waals surface area contributed by atoms with Crippen LogP contribution in [0.3, 0.4) is 0 Å². The third-order valence-corrected chi connectivity index (χ3v) is 4.44. The largest absolute Gasteiger partial charge is 0.294 e.